The molecule has 1 fully saturated rings. The summed E-state index contributed by atoms with van der Waals surface area (Å²) in [6, 6.07) is 0.320. The normalized spacial score (nSPS) is 19.1. The van der Waals surface area contributed by atoms with E-state index in [9.17, 15) is 26.3 Å². The van der Waals surface area contributed by atoms with Crippen molar-refractivity contribution in [3.63, 3.8) is 0 Å². The molecule has 2 rings (SSSR count). The number of halogens is 6. The maximum Gasteiger partial charge on any atom is 0.479 e. The number of piperazine rings is 1. The van der Waals surface area contributed by atoms with E-state index < -0.39 is 35.4 Å². The smallest absolute Gasteiger partial charge is 0.472 e. The van der Waals surface area contributed by atoms with E-state index in [1.165, 1.54) is 11.9 Å². The van der Waals surface area contributed by atoms with Gasteiger partial charge in [0.1, 0.15) is 23.2 Å². The van der Waals surface area contributed by atoms with Crippen LogP contribution >= 0.6 is 24.0 Å². The predicted molar refractivity (Wildman–Crippen MR) is 106 cm³/mol. The third-order valence-corrected chi connectivity index (χ3v) is 5.15. The Morgan fingerprint density at radius 3 is 2.30 bits per heavy atom. The van der Waals surface area contributed by atoms with Crippen LogP contribution in [0.4, 0.5) is 32.2 Å². The molecule has 1 aromatic rings. The molecule has 5 nitrogen and oxygen atoms in total. The lowest BCUT2D eigenvalue weighted by atomic mass is 10.1. The number of rotatable bonds is 6. The molecule has 1 saturated heterocycles. The molecule has 0 bridgehead atoms. The van der Waals surface area contributed by atoms with E-state index in [1.807, 2.05) is 6.92 Å². The largest absolute Gasteiger partial charge is 0.479 e. The van der Waals surface area contributed by atoms with Crippen LogP contribution in [-0.2, 0) is 0 Å². The number of hydrogen-bond acceptors (Lipinski definition) is 7. The third kappa shape index (κ3) is 7.80. The molecule has 1 aliphatic heterocycles. The number of pyridine rings is 1. The maximum atomic E-state index is 13.7. The van der Waals surface area contributed by atoms with Gasteiger partial charge in [0.05, 0.1) is 0 Å². The summed E-state index contributed by atoms with van der Waals surface area (Å²) in [5.74, 6) is 0.0552. The van der Waals surface area contributed by atoms with Crippen molar-refractivity contribution < 1.29 is 35.3 Å². The minimum atomic E-state index is -4.67. The highest BCUT2D eigenvalue weighted by Crippen LogP contribution is 2.38. The van der Waals surface area contributed by atoms with Crippen molar-refractivity contribution in [1.82, 2.24) is 9.29 Å². The van der Waals surface area contributed by atoms with Gasteiger partial charge in [-0.25, -0.2) is 4.31 Å². The highest BCUT2D eigenvalue weighted by Gasteiger charge is 2.47. The molecule has 30 heavy (non-hydrogen) atoms. The van der Waals surface area contributed by atoms with Crippen molar-refractivity contribution in [2.75, 3.05) is 30.3 Å². The zero-order chi connectivity index (χ0) is 22.7. The summed E-state index contributed by atoms with van der Waals surface area (Å²) in [5, 5.41) is 0. The molecule has 0 amide bonds. The first-order chi connectivity index (χ1) is 13.7. The van der Waals surface area contributed by atoms with Crippen LogP contribution in [-0.4, -0.2) is 58.0 Å². The van der Waals surface area contributed by atoms with Crippen LogP contribution in [0.5, 0.6) is 11.6 Å². The summed E-state index contributed by atoms with van der Waals surface area (Å²) in [4.78, 5) is 5.16. The summed E-state index contributed by atoms with van der Waals surface area (Å²) >= 11 is 0.549. The third-order valence-electron chi connectivity index (χ3n) is 3.73. The Hall–Kier alpha value is -1.21. The monoisotopic (exact) mass is 479 g/mol. The van der Waals surface area contributed by atoms with E-state index in [2.05, 4.69) is 9.17 Å². The first kappa shape index (κ1) is 25.1. The Kier molecular flexibility index (Phi) is 7.94. The second kappa shape index (κ2) is 9.51. The highest BCUT2D eigenvalue weighted by atomic mass is 32.2. The molecule has 0 spiro atoms. The summed E-state index contributed by atoms with van der Waals surface area (Å²) < 4.78 is 90.7. The lowest BCUT2D eigenvalue weighted by molar-refractivity contribution is -0.153. The quantitative estimate of drug-likeness (QED) is 0.302. The molecule has 0 saturated carbocycles. The van der Waals surface area contributed by atoms with Crippen LogP contribution in [0.3, 0.4) is 0 Å². The van der Waals surface area contributed by atoms with Gasteiger partial charge in [-0.3, -0.25) is 0 Å². The maximum absolute atomic E-state index is 13.7. The SMILES string of the molecule is CCSN1CCN(c2cc(OSC(F)(F)F)cc(OC(C)(C)C)n2)C(C(F)(F)F)C1. The Morgan fingerprint density at radius 1 is 1.10 bits per heavy atom. The molecule has 0 aromatic carbocycles. The molecule has 2 heterocycles. The van der Waals surface area contributed by atoms with E-state index in [-0.39, 0.29) is 30.5 Å². The Labute approximate surface area is 179 Å². The van der Waals surface area contributed by atoms with Crippen LogP contribution in [0.15, 0.2) is 12.1 Å². The molecule has 0 radical (unpaired) electrons. The molecule has 1 aliphatic rings. The molecular weight excluding hydrogens is 456 g/mol. The number of hydrogen-bond donors (Lipinski definition) is 0. The van der Waals surface area contributed by atoms with Crippen molar-refractivity contribution in [3.05, 3.63) is 12.1 Å². The number of alkyl halides is 6. The van der Waals surface area contributed by atoms with Gasteiger partial charge in [-0.15, -0.1) is 0 Å². The fraction of sp³-hybridized carbons (Fsp3) is 0.706. The van der Waals surface area contributed by atoms with Crippen LogP contribution < -0.4 is 13.8 Å². The average Bonchev–Trinajstić information content (AvgIpc) is 2.57. The Balaban J connectivity index is 2.39. The lowest BCUT2D eigenvalue weighted by Crippen LogP contribution is -2.58. The first-order valence-electron chi connectivity index (χ1n) is 9.02. The van der Waals surface area contributed by atoms with Crippen molar-refractivity contribution >= 4 is 29.8 Å². The van der Waals surface area contributed by atoms with Gasteiger partial charge in [-0.1, -0.05) is 18.9 Å². The predicted octanol–water partition coefficient (Wildman–Crippen LogP) is 5.53. The van der Waals surface area contributed by atoms with Crippen molar-refractivity contribution in [1.29, 1.82) is 0 Å². The Morgan fingerprint density at radius 2 is 1.77 bits per heavy atom. The average molecular weight is 480 g/mol. The molecule has 13 heteroatoms. The number of nitrogens with zero attached hydrogens (tertiary/aromatic N) is 3. The van der Waals surface area contributed by atoms with Gasteiger partial charge in [-0.2, -0.15) is 31.3 Å². The summed E-state index contributed by atoms with van der Waals surface area (Å²) in [6.45, 7) is 6.94. The lowest BCUT2D eigenvalue weighted by Gasteiger charge is -2.42. The van der Waals surface area contributed by atoms with Crippen molar-refractivity contribution in [3.8, 4) is 11.6 Å². The van der Waals surface area contributed by atoms with E-state index in [0.717, 1.165) is 17.0 Å². The molecule has 0 aliphatic carbocycles. The molecule has 1 unspecified atom stereocenters. The fourth-order valence-electron chi connectivity index (χ4n) is 2.74. The first-order valence-corrected chi connectivity index (χ1v) is 10.7. The topological polar surface area (TPSA) is 37.8 Å². The molecular formula is C17H23F6N3O2S2. The minimum absolute atomic E-state index is 0.00496. The van der Waals surface area contributed by atoms with Gasteiger partial charge in [0, 0.05) is 37.5 Å². The number of ether oxygens (including phenoxy) is 1. The van der Waals surface area contributed by atoms with E-state index in [4.69, 9.17) is 4.74 Å². The van der Waals surface area contributed by atoms with Crippen LogP contribution in [0, 0.1) is 0 Å². The second-order valence-corrected chi connectivity index (χ2v) is 9.53. The van der Waals surface area contributed by atoms with Crippen molar-refractivity contribution in [2.45, 2.75) is 51.0 Å². The van der Waals surface area contributed by atoms with Gasteiger partial charge < -0.3 is 13.8 Å². The molecule has 1 atom stereocenters. The minimum Gasteiger partial charge on any atom is -0.472 e. The van der Waals surface area contributed by atoms with Gasteiger partial charge in [0.15, 0.2) is 12.0 Å². The number of aromatic nitrogens is 1. The zero-order valence-electron chi connectivity index (χ0n) is 16.8. The van der Waals surface area contributed by atoms with Gasteiger partial charge in [-0.05, 0) is 20.8 Å². The highest BCUT2D eigenvalue weighted by molar-refractivity contribution is 7.97. The molecule has 172 valence electrons. The fourth-order valence-corrected chi connectivity index (χ4v) is 3.85. The zero-order valence-corrected chi connectivity index (χ0v) is 18.4. The van der Waals surface area contributed by atoms with Crippen LogP contribution in [0.1, 0.15) is 27.7 Å². The van der Waals surface area contributed by atoms with Crippen LogP contribution in [0.25, 0.3) is 0 Å². The number of anilines is 1. The van der Waals surface area contributed by atoms with Crippen molar-refractivity contribution in [2.24, 2.45) is 0 Å². The standard InChI is InChI=1S/C17H23F6N3O2S2/c1-5-29-25-6-7-26(12(10-25)16(18,19)20)13-8-11(28-30-17(21,22)23)9-14(24-13)27-15(2,3)4/h8-9,12H,5-7,10H2,1-4H3. The van der Waals surface area contributed by atoms with Gasteiger partial charge in [0.25, 0.3) is 0 Å². The van der Waals surface area contributed by atoms with Gasteiger partial charge >= 0.3 is 11.7 Å². The van der Waals surface area contributed by atoms with E-state index in [0.29, 0.717) is 12.3 Å². The summed E-state index contributed by atoms with van der Waals surface area (Å²) in [6.07, 6.45) is -4.56. The van der Waals surface area contributed by atoms with E-state index >= 15 is 0 Å². The summed E-state index contributed by atoms with van der Waals surface area (Å²) in [5.41, 5.74) is -5.44. The Bertz CT molecular complexity index is 712. The summed E-state index contributed by atoms with van der Waals surface area (Å²) in [7, 11) is 0. The molecule has 1 aromatic heterocycles. The second-order valence-electron chi connectivity index (χ2n) is 7.38. The van der Waals surface area contributed by atoms with Gasteiger partial charge in [0.2, 0.25) is 5.88 Å². The molecule has 0 N–H and O–H groups in total. The van der Waals surface area contributed by atoms with Crippen LogP contribution in [0.2, 0.25) is 0 Å². The van der Waals surface area contributed by atoms with E-state index in [1.54, 1.807) is 25.1 Å².